The molecular formula is C15H25N3O2. The van der Waals surface area contributed by atoms with Crippen LogP contribution in [0, 0.1) is 0 Å². The van der Waals surface area contributed by atoms with Crippen molar-refractivity contribution >= 4 is 6.09 Å². The highest BCUT2D eigenvalue weighted by molar-refractivity contribution is 5.68. The molecule has 0 spiro atoms. The zero-order chi connectivity index (χ0) is 14.8. The topological polar surface area (TPSA) is 55.3 Å². The van der Waals surface area contributed by atoms with Crippen LogP contribution >= 0.6 is 0 Å². The number of aryl methyl sites for hydroxylation is 1. The first kappa shape index (κ1) is 14.9. The summed E-state index contributed by atoms with van der Waals surface area (Å²) in [5, 5.41) is 6.33. The van der Waals surface area contributed by atoms with E-state index in [0.29, 0.717) is 6.04 Å². The predicted molar refractivity (Wildman–Crippen MR) is 78.5 cm³/mol. The van der Waals surface area contributed by atoms with E-state index in [1.54, 1.807) is 0 Å². The van der Waals surface area contributed by atoms with Gasteiger partial charge in [-0.05, 0) is 45.7 Å². The number of amides is 1. The normalized spacial score (nSPS) is 21.6. The largest absolute Gasteiger partial charge is 0.444 e. The summed E-state index contributed by atoms with van der Waals surface area (Å²) in [4.78, 5) is 11.6. The van der Waals surface area contributed by atoms with Crippen LogP contribution in [-0.2, 0) is 17.8 Å². The molecule has 5 heteroatoms. The fourth-order valence-corrected chi connectivity index (χ4v) is 2.08. The molecule has 0 aliphatic heterocycles. The molecule has 2 unspecified atom stereocenters. The molecule has 5 nitrogen and oxygen atoms in total. The quantitative estimate of drug-likeness (QED) is 0.869. The van der Waals surface area contributed by atoms with Crippen LogP contribution in [0.2, 0.25) is 0 Å². The minimum atomic E-state index is -0.440. The Morgan fingerprint density at radius 1 is 1.45 bits per heavy atom. The lowest BCUT2D eigenvalue weighted by Crippen LogP contribution is -2.36. The molecule has 112 valence electrons. The third-order valence-electron chi connectivity index (χ3n) is 3.24. The van der Waals surface area contributed by atoms with Crippen molar-refractivity contribution < 1.29 is 9.53 Å². The molecule has 2 rings (SSSR count). The number of hydrogen-bond donors (Lipinski definition) is 2. The van der Waals surface area contributed by atoms with E-state index in [1.807, 2.05) is 20.8 Å². The van der Waals surface area contributed by atoms with Gasteiger partial charge in [-0.1, -0.05) is 0 Å². The third-order valence-corrected chi connectivity index (χ3v) is 3.24. The van der Waals surface area contributed by atoms with E-state index < -0.39 is 5.60 Å². The Balaban J connectivity index is 1.66. The van der Waals surface area contributed by atoms with Gasteiger partial charge in [-0.15, -0.1) is 0 Å². The van der Waals surface area contributed by atoms with Crippen LogP contribution in [0.1, 0.15) is 39.7 Å². The van der Waals surface area contributed by atoms with Gasteiger partial charge < -0.3 is 19.9 Å². The molecule has 0 saturated heterocycles. The van der Waals surface area contributed by atoms with Gasteiger partial charge in [-0.2, -0.15) is 0 Å². The number of carbonyl (C=O) groups is 1. The Morgan fingerprint density at radius 3 is 2.80 bits per heavy atom. The summed E-state index contributed by atoms with van der Waals surface area (Å²) < 4.78 is 7.39. The summed E-state index contributed by atoms with van der Waals surface area (Å²) in [7, 11) is 0. The van der Waals surface area contributed by atoms with Crippen LogP contribution in [0.4, 0.5) is 4.79 Å². The zero-order valence-electron chi connectivity index (χ0n) is 12.8. The number of nitrogens with zero attached hydrogens (tertiary/aromatic N) is 1. The molecule has 1 saturated carbocycles. The standard InChI is InChI=1S/C15H25N3O2/c1-5-18-7-6-11(10-18)9-16-12-8-13(12)17-14(19)20-15(2,3)4/h6-7,10,12-13,16H,5,8-9H2,1-4H3,(H,17,19). The summed E-state index contributed by atoms with van der Waals surface area (Å²) in [6, 6.07) is 2.67. The van der Waals surface area contributed by atoms with Gasteiger partial charge in [0.05, 0.1) is 0 Å². The lowest BCUT2D eigenvalue weighted by Gasteiger charge is -2.19. The smallest absolute Gasteiger partial charge is 0.407 e. The van der Waals surface area contributed by atoms with Gasteiger partial charge in [0.25, 0.3) is 0 Å². The molecule has 1 heterocycles. The molecule has 0 bridgehead atoms. The second kappa shape index (κ2) is 5.87. The summed E-state index contributed by atoms with van der Waals surface area (Å²) in [6.07, 6.45) is 4.86. The Bertz CT molecular complexity index is 462. The van der Waals surface area contributed by atoms with E-state index in [1.165, 1.54) is 5.56 Å². The number of ether oxygens (including phenoxy) is 1. The summed E-state index contributed by atoms with van der Waals surface area (Å²) in [6.45, 7) is 9.56. The van der Waals surface area contributed by atoms with Crippen LogP contribution in [-0.4, -0.2) is 28.3 Å². The highest BCUT2D eigenvalue weighted by Crippen LogP contribution is 2.22. The van der Waals surface area contributed by atoms with Crippen LogP contribution in [0.25, 0.3) is 0 Å². The molecular weight excluding hydrogens is 254 g/mol. The molecule has 2 N–H and O–H groups in total. The maximum Gasteiger partial charge on any atom is 0.407 e. The van der Waals surface area contributed by atoms with Crippen molar-refractivity contribution in [3.05, 3.63) is 24.0 Å². The van der Waals surface area contributed by atoms with Gasteiger partial charge in [0, 0.05) is 37.6 Å². The number of aromatic nitrogens is 1. The van der Waals surface area contributed by atoms with Crippen molar-refractivity contribution in [1.82, 2.24) is 15.2 Å². The number of alkyl carbamates (subject to hydrolysis) is 1. The molecule has 2 atom stereocenters. The molecule has 0 radical (unpaired) electrons. The second-order valence-corrected chi connectivity index (χ2v) is 6.33. The fraction of sp³-hybridized carbons (Fsp3) is 0.667. The zero-order valence-corrected chi connectivity index (χ0v) is 12.8. The Hall–Kier alpha value is -1.49. The van der Waals surface area contributed by atoms with Crippen molar-refractivity contribution in [2.75, 3.05) is 0 Å². The highest BCUT2D eigenvalue weighted by Gasteiger charge is 2.38. The lowest BCUT2D eigenvalue weighted by molar-refractivity contribution is 0.0522. The van der Waals surface area contributed by atoms with E-state index >= 15 is 0 Å². The first-order valence-electron chi connectivity index (χ1n) is 7.25. The van der Waals surface area contributed by atoms with E-state index in [0.717, 1.165) is 19.5 Å². The van der Waals surface area contributed by atoms with Gasteiger partial charge in [0.1, 0.15) is 5.60 Å². The second-order valence-electron chi connectivity index (χ2n) is 6.33. The first-order valence-corrected chi connectivity index (χ1v) is 7.25. The number of rotatable bonds is 5. The molecule has 1 fully saturated rings. The third kappa shape index (κ3) is 4.56. The maximum atomic E-state index is 11.6. The predicted octanol–water partition coefficient (Wildman–Crippen LogP) is 2.26. The Kier molecular flexibility index (Phi) is 4.38. The average Bonchev–Trinajstić information content (AvgIpc) is 2.88. The van der Waals surface area contributed by atoms with Crippen LogP contribution in [0.5, 0.6) is 0 Å². The number of nitrogens with one attached hydrogen (secondary N) is 2. The number of carbonyl (C=O) groups excluding carboxylic acids is 1. The summed E-state index contributed by atoms with van der Waals surface area (Å²) in [5.74, 6) is 0. The van der Waals surface area contributed by atoms with Crippen LogP contribution < -0.4 is 10.6 Å². The lowest BCUT2D eigenvalue weighted by atomic mass is 10.2. The monoisotopic (exact) mass is 279 g/mol. The van der Waals surface area contributed by atoms with E-state index in [9.17, 15) is 4.79 Å². The minimum absolute atomic E-state index is 0.193. The molecule has 20 heavy (non-hydrogen) atoms. The SMILES string of the molecule is CCn1ccc(CNC2CC2NC(=O)OC(C)(C)C)c1. The molecule has 0 aromatic carbocycles. The van der Waals surface area contributed by atoms with Gasteiger partial charge >= 0.3 is 6.09 Å². The van der Waals surface area contributed by atoms with Gasteiger partial charge in [0.2, 0.25) is 0 Å². The Labute approximate surface area is 120 Å². The number of hydrogen-bond acceptors (Lipinski definition) is 3. The summed E-state index contributed by atoms with van der Waals surface area (Å²) >= 11 is 0. The molecule has 1 aliphatic carbocycles. The van der Waals surface area contributed by atoms with Gasteiger partial charge in [-0.25, -0.2) is 4.79 Å². The van der Waals surface area contributed by atoms with Crippen molar-refractivity contribution in [2.45, 2.75) is 64.9 Å². The van der Waals surface area contributed by atoms with Crippen molar-refractivity contribution in [3.63, 3.8) is 0 Å². The molecule has 1 amide bonds. The minimum Gasteiger partial charge on any atom is -0.444 e. The van der Waals surface area contributed by atoms with E-state index in [-0.39, 0.29) is 12.1 Å². The average molecular weight is 279 g/mol. The maximum absolute atomic E-state index is 11.6. The van der Waals surface area contributed by atoms with Gasteiger partial charge in [-0.3, -0.25) is 0 Å². The van der Waals surface area contributed by atoms with E-state index in [4.69, 9.17) is 4.74 Å². The highest BCUT2D eigenvalue weighted by atomic mass is 16.6. The molecule has 1 aromatic rings. The first-order chi connectivity index (χ1) is 9.37. The Morgan fingerprint density at radius 2 is 2.20 bits per heavy atom. The van der Waals surface area contributed by atoms with Crippen molar-refractivity contribution in [1.29, 1.82) is 0 Å². The molecule has 1 aromatic heterocycles. The molecule has 1 aliphatic rings. The van der Waals surface area contributed by atoms with Crippen molar-refractivity contribution in [3.8, 4) is 0 Å². The van der Waals surface area contributed by atoms with Gasteiger partial charge in [0.15, 0.2) is 0 Å². The van der Waals surface area contributed by atoms with Crippen LogP contribution in [0.15, 0.2) is 18.5 Å². The fourth-order valence-electron chi connectivity index (χ4n) is 2.08. The van der Waals surface area contributed by atoms with Crippen LogP contribution in [0.3, 0.4) is 0 Å². The summed E-state index contributed by atoms with van der Waals surface area (Å²) in [5.41, 5.74) is 0.833. The van der Waals surface area contributed by atoms with E-state index in [2.05, 4.69) is 40.6 Å². The van der Waals surface area contributed by atoms with Crippen molar-refractivity contribution in [2.24, 2.45) is 0 Å².